The summed E-state index contributed by atoms with van der Waals surface area (Å²) in [4.78, 5) is 10.9. The first-order chi connectivity index (χ1) is 14.4. The van der Waals surface area contributed by atoms with E-state index in [0.717, 1.165) is 11.2 Å². The summed E-state index contributed by atoms with van der Waals surface area (Å²) < 4.78 is 5.17. The van der Waals surface area contributed by atoms with Crippen molar-refractivity contribution in [1.82, 2.24) is 9.97 Å². The lowest BCUT2D eigenvalue weighted by Gasteiger charge is -2.21. The molecule has 0 bridgehead atoms. The quantitative estimate of drug-likeness (QED) is 0.254. The predicted molar refractivity (Wildman–Crippen MR) is 135 cm³/mol. The molecular weight excluding hydrogens is 424 g/mol. The lowest BCUT2D eigenvalue weighted by atomic mass is 9.85. The van der Waals surface area contributed by atoms with Crippen LogP contribution in [0, 0.1) is 6.92 Å². The summed E-state index contributed by atoms with van der Waals surface area (Å²) in [5.41, 5.74) is 4.76. The molecule has 0 atom stereocenters. The van der Waals surface area contributed by atoms with E-state index in [4.69, 9.17) is 9.97 Å². The second-order valence-corrected chi connectivity index (χ2v) is 12.1. The lowest BCUT2D eigenvalue weighted by Crippen LogP contribution is -2.11. The number of fused-ring (bicyclic) bond motifs is 6. The molecule has 2 nitrogen and oxygen atoms in total. The van der Waals surface area contributed by atoms with Crippen molar-refractivity contribution in [3.63, 3.8) is 0 Å². The van der Waals surface area contributed by atoms with E-state index < -0.39 is 0 Å². The Morgan fingerprint density at radius 1 is 0.867 bits per heavy atom. The standard InChI is InChI=1S/C25H20N2S3/c1-13-9-16-18(29-13)5-6-19-20(16)22-24(30-19)21(26-12-27-22)15-10-14-7-8-28-23(14)17(11-15)25(2,3)4/h5-12H,1-4H3. The maximum Gasteiger partial charge on any atom is 0.116 e. The minimum atomic E-state index is 0.0752. The molecule has 5 heteroatoms. The lowest BCUT2D eigenvalue weighted by molar-refractivity contribution is 0.597. The average Bonchev–Trinajstić information content (AvgIpc) is 3.40. The van der Waals surface area contributed by atoms with Gasteiger partial charge in [-0.05, 0) is 65.1 Å². The van der Waals surface area contributed by atoms with Gasteiger partial charge in [-0.1, -0.05) is 20.8 Å². The molecule has 6 rings (SSSR count). The Hall–Kier alpha value is -2.34. The number of hydrogen-bond acceptors (Lipinski definition) is 5. The van der Waals surface area contributed by atoms with Crippen molar-refractivity contribution in [2.45, 2.75) is 33.1 Å². The van der Waals surface area contributed by atoms with Crippen LogP contribution in [0.2, 0.25) is 0 Å². The van der Waals surface area contributed by atoms with Gasteiger partial charge in [0.15, 0.2) is 0 Å². The third-order valence-corrected chi connectivity index (χ3v) is 8.80. The van der Waals surface area contributed by atoms with E-state index in [1.165, 1.54) is 51.0 Å². The van der Waals surface area contributed by atoms with Crippen LogP contribution in [-0.4, -0.2) is 9.97 Å². The van der Waals surface area contributed by atoms with Crippen LogP contribution >= 0.6 is 34.0 Å². The van der Waals surface area contributed by atoms with Crippen molar-refractivity contribution in [1.29, 1.82) is 0 Å². The Bertz CT molecular complexity index is 1590. The number of rotatable bonds is 1. The van der Waals surface area contributed by atoms with E-state index in [0.29, 0.717) is 0 Å². The van der Waals surface area contributed by atoms with Crippen LogP contribution in [0.1, 0.15) is 31.2 Å². The van der Waals surface area contributed by atoms with E-state index in [2.05, 4.69) is 69.5 Å². The van der Waals surface area contributed by atoms with Gasteiger partial charge >= 0.3 is 0 Å². The molecule has 0 saturated carbocycles. The van der Waals surface area contributed by atoms with E-state index in [1.54, 1.807) is 6.33 Å². The Labute approximate surface area is 186 Å². The highest BCUT2D eigenvalue weighted by molar-refractivity contribution is 7.26. The van der Waals surface area contributed by atoms with Crippen molar-refractivity contribution in [2.75, 3.05) is 0 Å². The van der Waals surface area contributed by atoms with Gasteiger partial charge in [-0.25, -0.2) is 9.97 Å². The minimum Gasteiger partial charge on any atom is -0.235 e. The van der Waals surface area contributed by atoms with Gasteiger partial charge in [0, 0.05) is 35.3 Å². The molecule has 148 valence electrons. The Morgan fingerprint density at radius 2 is 1.70 bits per heavy atom. The number of nitrogens with zero attached hydrogens (tertiary/aromatic N) is 2. The van der Waals surface area contributed by atoms with Crippen LogP contribution in [-0.2, 0) is 5.41 Å². The fourth-order valence-electron chi connectivity index (χ4n) is 4.29. The molecular formula is C25H20N2S3. The predicted octanol–water partition coefficient (Wildman–Crippen LogP) is 8.55. The summed E-state index contributed by atoms with van der Waals surface area (Å²) in [6.07, 6.45) is 1.73. The van der Waals surface area contributed by atoms with Crippen molar-refractivity contribution in [3.8, 4) is 11.3 Å². The molecule has 0 amide bonds. The van der Waals surface area contributed by atoms with Gasteiger partial charge in [-0.3, -0.25) is 0 Å². The molecule has 0 fully saturated rings. The zero-order valence-corrected chi connectivity index (χ0v) is 19.7. The van der Waals surface area contributed by atoms with E-state index in [9.17, 15) is 0 Å². The number of hydrogen-bond donors (Lipinski definition) is 0. The SMILES string of the molecule is Cc1cc2c(ccc3sc4c(-c5cc(C(C)(C)C)c6sccc6c5)ncnc4c32)s1. The highest BCUT2D eigenvalue weighted by Gasteiger charge is 2.21. The molecule has 0 aliphatic carbocycles. The van der Waals surface area contributed by atoms with Crippen LogP contribution in [0.5, 0.6) is 0 Å². The van der Waals surface area contributed by atoms with Crippen LogP contribution in [0.3, 0.4) is 0 Å². The second-order valence-electron chi connectivity index (χ2n) is 8.82. The van der Waals surface area contributed by atoms with Gasteiger partial charge in [0.25, 0.3) is 0 Å². The van der Waals surface area contributed by atoms with Gasteiger partial charge in [0.05, 0.1) is 15.9 Å². The van der Waals surface area contributed by atoms with Crippen LogP contribution in [0.25, 0.3) is 51.7 Å². The topological polar surface area (TPSA) is 25.8 Å². The highest BCUT2D eigenvalue weighted by Crippen LogP contribution is 2.44. The molecule has 30 heavy (non-hydrogen) atoms. The van der Waals surface area contributed by atoms with Crippen molar-refractivity contribution in [3.05, 3.63) is 58.5 Å². The molecule has 4 aromatic heterocycles. The summed E-state index contributed by atoms with van der Waals surface area (Å²) in [5.74, 6) is 0. The first kappa shape index (κ1) is 18.4. The Balaban J connectivity index is 1.70. The average molecular weight is 445 g/mol. The van der Waals surface area contributed by atoms with E-state index in [-0.39, 0.29) is 5.41 Å². The molecule has 0 spiro atoms. The zero-order chi connectivity index (χ0) is 20.6. The van der Waals surface area contributed by atoms with Crippen molar-refractivity contribution >= 4 is 74.5 Å². The maximum absolute atomic E-state index is 4.78. The van der Waals surface area contributed by atoms with Crippen LogP contribution < -0.4 is 0 Å². The van der Waals surface area contributed by atoms with Crippen molar-refractivity contribution < 1.29 is 0 Å². The Morgan fingerprint density at radius 3 is 2.53 bits per heavy atom. The first-order valence-electron chi connectivity index (χ1n) is 9.98. The molecule has 0 saturated heterocycles. The highest BCUT2D eigenvalue weighted by atomic mass is 32.1. The van der Waals surface area contributed by atoms with Gasteiger partial charge in [-0.2, -0.15) is 0 Å². The Kier molecular flexibility index (Phi) is 3.89. The number of aryl methyl sites for hydroxylation is 1. The summed E-state index contributed by atoms with van der Waals surface area (Å²) >= 11 is 5.49. The van der Waals surface area contributed by atoms with Gasteiger partial charge in [-0.15, -0.1) is 34.0 Å². The van der Waals surface area contributed by atoms with Crippen LogP contribution in [0.15, 0.2) is 48.1 Å². The zero-order valence-electron chi connectivity index (χ0n) is 17.2. The molecule has 0 aliphatic rings. The van der Waals surface area contributed by atoms with Gasteiger partial charge in [0.2, 0.25) is 0 Å². The number of aromatic nitrogens is 2. The second kappa shape index (κ2) is 6.33. The fourth-order valence-corrected chi connectivity index (χ4v) is 7.51. The minimum absolute atomic E-state index is 0.0752. The van der Waals surface area contributed by atoms with Gasteiger partial charge < -0.3 is 0 Å². The monoisotopic (exact) mass is 444 g/mol. The molecule has 4 heterocycles. The first-order valence-corrected chi connectivity index (χ1v) is 12.5. The summed E-state index contributed by atoms with van der Waals surface area (Å²) in [5, 5.41) is 6.07. The molecule has 2 aromatic carbocycles. The fraction of sp³-hybridized carbons (Fsp3) is 0.200. The normalized spacial score (nSPS) is 12.7. The van der Waals surface area contributed by atoms with Gasteiger partial charge in [0.1, 0.15) is 6.33 Å². The molecule has 0 aliphatic heterocycles. The largest absolute Gasteiger partial charge is 0.235 e. The maximum atomic E-state index is 4.78. The molecule has 0 radical (unpaired) electrons. The summed E-state index contributed by atoms with van der Waals surface area (Å²) in [7, 11) is 0. The number of benzene rings is 2. The molecule has 0 unspecified atom stereocenters. The van der Waals surface area contributed by atoms with E-state index >= 15 is 0 Å². The summed E-state index contributed by atoms with van der Waals surface area (Å²) in [6.45, 7) is 9.04. The van der Waals surface area contributed by atoms with Crippen molar-refractivity contribution in [2.24, 2.45) is 0 Å². The van der Waals surface area contributed by atoms with Crippen LogP contribution in [0.4, 0.5) is 0 Å². The van der Waals surface area contributed by atoms with E-state index in [1.807, 2.05) is 34.0 Å². The third kappa shape index (κ3) is 2.66. The summed E-state index contributed by atoms with van der Waals surface area (Å²) in [6, 6.07) is 13.6. The molecule has 0 N–H and O–H groups in total. The molecule has 6 aromatic rings. The smallest absolute Gasteiger partial charge is 0.116 e. The number of thiophene rings is 3. The third-order valence-electron chi connectivity index (χ3n) is 5.67.